The molecule has 50 heavy (non-hydrogen) atoms. The molecule has 6 rings (SSSR count). The zero-order valence-electron chi connectivity index (χ0n) is 27.2. The number of thiol groups is 1. The van der Waals surface area contributed by atoms with Gasteiger partial charge in [-0.25, -0.2) is 19.6 Å². The van der Waals surface area contributed by atoms with E-state index in [2.05, 4.69) is 50.7 Å². The second kappa shape index (κ2) is 16.5. The number of nitrogens with zero attached hydrogens (tertiary/aromatic N) is 7. The molecule has 0 bridgehead atoms. The number of imidazole rings is 2. The molecule has 0 amide bonds. The van der Waals surface area contributed by atoms with Gasteiger partial charge in [0.25, 0.3) is 0 Å². The van der Waals surface area contributed by atoms with Crippen LogP contribution < -0.4 is 9.47 Å². The molecule has 0 N–H and O–H groups in total. The van der Waals surface area contributed by atoms with Crippen LogP contribution in [0.1, 0.15) is 57.3 Å². The van der Waals surface area contributed by atoms with Crippen molar-refractivity contribution in [3.05, 3.63) is 89.5 Å². The van der Waals surface area contributed by atoms with Crippen molar-refractivity contribution in [2.75, 3.05) is 27.4 Å². The summed E-state index contributed by atoms with van der Waals surface area (Å²) in [5.74, 6) is -0.543. The normalized spacial score (nSPS) is 11.8. The number of carbonyl (C=O) groups is 2. The maximum atomic E-state index is 12.1. The first-order valence-corrected chi connectivity index (χ1v) is 16.1. The number of nitro benzene ring substituents is 2. The second-order valence-corrected chi connectivity index (χ2v) is 11.2. The number of rotatable bonds is 8. The van der Waals surface area contributed by atoms with Crippen LogP contribution in [0.25, 0.3) is 11.4 Å². The first-order valence-electron chi connectivity index (χ1n) is 14.9. The van der Waals surface area contributed by atoms with Gasteiger partial charge in [0.1, 0.15) is 6.33 Å². The number of nitro groups is 2. The number of aromatic nitrogens is 4. The zero-order chi connectivity index (χ0) is 36.7. The van der Waals surface area contributed by atoms with Gasteiger partial charge in [0.15, 0.2) is 27.6 Å². The number of ether oxygens (including phenoxy) is 4. The average molecular weight is 771 g/mol. The molecule has 0 unspecified atom stereocenters. The fraction of sp³-hybridized carbons (Fsp3) is 0.333. The van der Waals surface area contributed by atoms with Gasteiger partial charge in [-0.2, -0.15) is 0 Å². The summed E-state index contributed by atoms with van der Waals surface area (Å²) < 4.78 is 26.7. The van der Waals surface area contributed by atoms with Crippen LogP contribution in [0.3, 0.4) is 0 Å². The molecule has 0 atom stereocenters. The summed E-state index contributed by atoms with van der Waals surface area (Å²) in [6.45, 7) is 3.97. The summed E-state index contributed by atoms with van der Waals surface area (Å²) in [5.41, 5.74) is 4.66. The van der Waals surface area contributed by atoms with Crippen molar-refractivity contribution in [1.29, 1.82) is 0 Å². The monoisotopic (exact) mass is 770 g/mol. The van der Waals surface area contributed by atoms with Crippen molar-refractivity contribution in [1.82, 2.24) is 19.1 Å². The summed E-state index contributed by atoms with van der Waals surface area (Å²) in [5, 5.41) is 22.5. The Morgan fingerprint density at radius 2 is 1.36 bits per heavy atom. The Kier molecular flexibility index (Phi) is 12.5. The molecular weight excluding hydrogens is 741 g/mol. The van der Waals surface area contributed by atoms with E-state index < -0.39 is 21.8 Å². The van der Waals surface area contributed by atoms with E-state index in [0.29, 0.717) is 53.2 Å². The molecule has 0 saturated heterocycles. The topological polar surface area (TPSA) is 205 Å². The van der Waals surface area contributed by atoms with Gasteiger partial charge in [-0.1, -0.05) is 0 Å². The van der Waals surface area contributed by atoms with Crippen molar-refractivity contribution in [3.63, 3.8) is 0 Å². The Hall–Kier alpha value is -5.11. The summed E-state index contributed by atoms with van der Waals surface area (Å²) in [6.07, 6.45) is 3.93. The van der Waals surface area contributed by atoms with Gasteiger partial charge in [0.2, 0.25) is 0 Å². The van der Waals surface area contributed by atoms with Crippen molar-refractivity contribution in [2.45, 2.75) is 39.5 Å². The van der Waals surface area contributed by atoms with Gasteiger partial charge >= 0.3 is 48.1 Å². The molecule has 1 radical (unpaired) electrons. The third-order valence-corrected chi connectivity index (χ3v) is 8.18. The van der Waals surface area contributed by atoms with Crippen LogP contribution in [0.5, 0.6) is 11.5 Å². The van der Waals surface area contributed by atoms with E-state index in [0.717, 1.165) is 11.1 Å². The fourth-order valence-corrected chi connectivity index (χ4v) is 6.18. The molecule has 261 valence electrons. The van der Waals surface area contributed by atoms with Gasteiger partial charge in [-0.15, -0.1) is 0 Å². The third kappa shape index (κ3) is 7.54. The molecule has 0 spiro atoms. The molecule has 4 aromatic rings. The van der Waals surface area contributed by atoms with Crippen molar-refractivity contribution in [2.24, 2.45) is 4.30 Å². The van der Waals surface area contributed by atoms with E-state index >= 15 is 0 Å². The standard InChI is InChI=1S/C15H14BrN3O5.C15H15N3O5.BHNS/c1-3-24-14(20)13-9-5-4-8-6-12(23-2)11(19(21)22)7-10(8)18(9)15(16)17-13;1-3-23-15(19)14-10-5-4-9-6-13(22-2)12(18(20)21)7-11(9)17(10)8-16-14;1-2-3/h6-7H,3-5H2,1-2H3;6-8H,3-5H2,1-2H3;3H. The van der Waals surface area contributed by atoms with Crippen LogP contribution in [-0.4, -0.2) is 76.0 Å². The van der Waals surface area contributed by atoms with E-state index in [-0.39, 0.29) is 47.5 Å². The van der Waals surface area contributed by atoms with Crippen molar-refractivity contribution >= 4 is 59.7 Å². The minimum absolute atomic E-state index is 0.120. The number of halogens is 1. The van der Waals surface area contributed by atoms with E-state index in [1.165, 1.54) is 32.7 Å². The summed E-state index contributed by atoms with van der Waals surface area (Å²) in [4.78, 5) is 53.9. The number of esters is 2. The molecule has 2 aromatic heterocycles. The summed E-state index contributed by atoms with van der Waals surface area (Å²) in [7, 11) is 7.14. The van der Waals surface area contributed by atoms with E-state index in [1.807, 2.05) is 0 Å². The molecule has 2 aromatic carbocycles. The predicted molar refractivity (Wildman–Crippen MR) is 185 cm³/mol. The quantitative estimate of drug-likeness (QED) is 0.0819. The Bertz CT molecular complexity index is 1980. The second-order valence-electron chi connectivity index (χ2n) is 10.3. The third-order valence-electron chi connectivity index (χ3n) is 7.65. The molecule has 0 aliphatic carbocycles. The fourth-order valence-electron chi connectivity index (χ4n) is 5.60. The molecule has 2 aliphatic rings. The minimum atomic E-state index is -0.501. The molecular formula is C30H30BBrN7O10S. The zero-order valence-corrected chi connectivity index (χ0v) is 29.7. The van der Waals surface area contributed by atoms with Gasteiger partial charge < -0.3 is 23.5 Å². The number of aryl methyl sites for hydroxylation is 2. The number of benzene rings is 2. The van der Waals surface area contributed by atoms with Crippen molar-refractivity contribution in [3.8, 4) is 22.9 Å². The SMILES string of the molecule is CCOC(=O)c1nc(Br)n2c1CCc1cc(OC)c([N+](=O)[O-])cc1-2.CCOC(=O)c1ncn2c1CCc1cc(OC)c([N+](=O)[O-])cc1-2.[B]=NS. The van der Waals surface area contributed by atoms with Crippen LogP contribution in [0, 0.1) is 20.2 Å². The Labute approximate surface area is 300 Å². The Morgan fingerprint density at radius 1 is 0.880 bits per heavy atom. The van der Waals surface area contributed by atoms with E-state index in [1.54, 1.807) is 35.1 Å². The van der Waals surface area contributed by atoms with Gasteiger partial charge in [-0.05, 0) is 78.7 Å². The summed E-state index contributed by atoms with van der Waals surface area (Å²) in [6, 6.07) is 6.22. The first kappa shape index (κ1) is 37.7. The first-order chi connectivity index (χ1) is 23.9. The Balaban J connectivity index is 0.000000209. The average Bonchev–Trinajstić information content (AvgIpc) is 3.69. The van der Waals surface area contributed by atoms with Crippen LogP contribution in [0.15, 0.2) is 39.6 Å². The number of fused-ring (bicyclic) bond motifs is 6. The molecule has 20 heteroatoms. The number of hydrogen-bond donors (Lipinski definition) is 1. The molecule has 0 fully saturated rings. The molecule has 17 nitrogen and oxygen atoms in total. The number of methoxy groups -OCH3 is 2. The predicted octanol–water partition coefficient (Wildman–Crippen LogP) is 5.07. The van der Waals surface area contributed by atoms with E-state index in [4.69, 9.17) is 18.9 Å². The molecule has 4 heterocycles. The van der Waals surface area contributed by atoms with Gasteiger partial charge in [-0.3, -0.25) is 24.8 Å². The van der Waals surface area contributed by atoms with Crippen LogP contribution in [-0.2, 0) is 35.2 Å². The Morgan fingerprint density at radius 3 is 1.86 bits per heavy atom. The number of hydrogen-bond acceptors (Lipinski definition) is 14. The van der Waals surface area contributed by atoms with Crippen LogP contribution >= 0.6 is 28.7 Å². The number of carbonyl (C=O) groups excluding carboxylic acids is 2. The van der Waals surface area contributed by atoms with Crippen molar-refractivity contribution < 1.29 is 38.4 Å². The van der Waals surface area contributed by atoms with E-state index in [9.17, 15) is 29.8 Å². The van der Waals surface area contributed by atoms with Crippen LogP contribution in [0.4, 0.5) is 11.4 Å². The summed E-state index contributed by atoms with van der Waals surface area (Å²) >= 11 is 6.52. The van der Waals surface area contributed by atoms with Gasteiger partial charge in [0.05, 0.1) is 60.0 Å². The molecule has 0 saturated carbocycles. The maximum absolute atomic E-state index is 12.1. The molecule has 2 aliphatic heterocycles. The van der Waals surface area contributed by atoms with Crippen LogP contribution in [0.2, 0.25) is 0 Å². The van der Waals surface area contributed by atoms with Gasteiger partial charge in [0, 0.05) is 12.1 Å².